The van der Waals surface area contributed by atoms with Crippen molar-refractivity contribution < 1.29 is 9.47 Å². The van der Waals surface area contributed by atoms with Gasteiger partial charge in [0.2, 0.25) is 0 Å². The van der Waals surface area contributed by atoms with Crippen molar-refractivity contribution in [1.29, 1.82) is 0 Å². The number of rotatable bonds is 3. The van der Waals surface area contributed by atoms with Crippen LogP contribution in [0.3, 0.4) is 0 Å². The minimum atomic E-state index is 0.590. The molecular weight excluding hydrogens is 280 g/mol. The summed E-state index contributed by atoms with van der Waals surface area (Å²) < 4.78 is 10.7. The predicted molar refractivity (Wildman–Crippen MR) is 86.9 cm³/mol. The molecule has 0 amide bonds. The van der Waals surface area contributed by atoms with Gasteiger partial charge in [0, 0.05) is 29.1 Å². The molecule has 0 aliphatic rings. The number of benzene rings is 2. The van der Waals surface area contributed by atoms with Crippen LogP contribution in [-0.4, -0.2) is 24.2 Å². The van der Waals surface area contributed by atoms with Gasteiger partial charge in [0.25, 0.3) is 0 Å². The van der Waals surface area contributed by atoms with Crippen LogP contribution in [-0.2, 0) is 0 Å². The van der Waals surface area contributed by atoms with Crippen molar-refractivity contribution >= 4 is 22.3 Å². The first-order valence-corrected chi connectivity index (χ1v) is 6.66. The van der Waals surface area contributed by atoms with Crippen LogP contribution < -0.4 is 20.9 Å². The fourth-order valence-corrected chi connectivity index (χ4v) is 2.39. The van der Waals surface area contributed by atoms with Crippen molar-refractivity contribution in [3.8, 4) is 22.8 Å². The van der Waals surface area contributed by atoms with Crippen LogP contribution in [0.25, 0.3) is 22.2 Å². The van der Waals surface area contributed by atoms with Crippen LogP contribution in [0.4, 0.5) is 11.4 Å². The topological polar surface area (TPSA) is 96.3 Å². The molecule has 6 heteroatoms. The summed E-state index contributed by atoms with van der Waals surface area (Å²) >= 11 is 0. The van der Waals surface area contributed by atoms with E-state index in [0.717, 1.165) is 10.9 Å². The lowest BCUT2D eigenvalue weighted by molar-refractivity contribution is 0.398. The van der Waals surface area contributed by atoms with Gasteiger partial charge in [-0.25, -0.2) is 9.97 Å². The van der Waals surface area contributed by atoms with Crippen LogP contribution in [0.5, 0.6) is 11.5 Å². The average Bonchev–Trinajstić information content (AvgIpc) is 2.55. The van der Waals surface area contributed by atoms with E-state index in [4.69, 9.17) is 20.9 Å². The summed E-state index contributed by atoms with van der Waals surface area (Å²) in [5, 5.41) is 0.767. The number of ether oxygens (including phenoxy) is 2. The van der Waals surface area contributed by atoms with E-state index in [1.165, 1.54) is 6.33 Å². The number of hydrogen-bond donors (Lipinski definition) is 2. The number of nitrogens with two attached hydrogens (primary N) is 2. The third-order valence-electron chi connectivity index (χ3n) is 3.46. The van der Waals surface area contributed by atoms with Gasteiger partial charge in [-0.15, -0.1) is 0 Å². The summed E-state index contributed by atoms with van der Waals surface area (Å²) in [5.74, 6) is 1.28. The number of nitrogen functional groups attached to an aromatic ring is 2. The van der Waals surface area contributed by atoms with E-state index in [0.29, 0.717) is 34.1 Å². The smallest absolute Gasteiger partial charge is 0.134 e. The highest BCUT2D eigenvalue weighted by molar-refractivity contribution is 6.00. The zero-order valence-electron chi connectivity index (χ0n) is 12.3. The molecule has 22 heavy (non-hydrogen) atoms. The van der Waals surface area contributed by atoms with E-state index >= 15 is 0 Å². The SMILES string of the molecule is COc1cc(OC)c2c(-c3cc(N)ccc3N)ncnc2c1. The Labute approximate surface area is 127 Å². The number of hydrogen-bond acceptors (Lipinski definition) is 6. The fourth-order valence-electron chi connectivity index (χ4n) is 2.39. The highest BCUT2D eigenvalue weighted by Crippen LogP contribution is 2.38. The molecule has 3 rings (SSSR count). The predicted octanol–water partition coefficient (Wildman–Crippen LogP) is 2.48. The van der Waals surface area contributed by atoms with E-state index in [1.54, 1.807) is 38.5 Å². The van der Waals surface area contributed by atoms with Crippen molar-refractivity contribution in [3.63, 3.8) is 0 Å². The van der Waals surface area contributed by atoms with E-state index in [-0.39, 0.29) is 0 Å². The highest BCUT2D eigenvalue weighted by atomic mass is 16.5. The first kappa shape index (κ1) is 13.9. The second-order valence-corrected chi connectivity index (χ2v) is 4.79. The number of anilines is 2. The maximum absolute atomic E-state index is 6.08. The summed E-state index contributed by atoms with van der Waals surface area (Å²) in [6.07, 6.45) is 1.49. The second-order valence-electron chi connectivity index (χ2n) is 4.79. The van der Waals surface area contributed by atoms with Crippen molar-refractivity contribution in [2.45, 2.75) is 0 Å². The van der Waals surface area contributed by atoms with Crippen LogP contribution in [0.1, 0.15) is 0 Å². The maximum Gasteiger partial charge on any atom is 0.134 e. The Hall–Kier alpha value is -3.02. The number of aromatic nitrogens is 2. The fraction of sp³-hybridized carbons (Fsp3) is 0.125. The zero-order chi connectivity index (χ0) is 15.7. The summed E-state index contributed by atoms with van der Waals surface area (Å²) in [4.78, 5) is 8.67. The van der Waals surface area contributed by atoms with Gasteiger partial charge in [-0.2, -0.15) is 0 Å². The Kier molecular flexibility index (Phi) is 3.42. The van der Waals surface area contributed by atoms with Gasteiger partial charge < -0.3 is 20.9 Å². The summed E-state index contributed by atoms with van der Waals surface area (Å²) in [6.45, 7) is 0. The number of fused-ring (bicyclic) bond motifs is 1. The third-order valence-corrected chi connectivity index (χ3v) is 3.46. The lowest BCUT2D eigenvalue weighted by atomic mass is 10.0. The normalized spacial score (nSPS) is 10.6. The summed E-state index contributed by atoms with van der Waals surface area (Å²) in [7, 11) is 3.19. The van der Waals surface area contributed by atoms with E-state index < -0.39 is 0 Å². The molecule has 6 nitrogen and oxygen atoms in total. The van der Waals surface area contributed by atoms with E-state index in [2.05, 4.69) is 9.97 Å². The molecule has 0 radical (unpaired) electrons. The Morgan fingerprint density at radius 2 is 1.77 bits per heavy atom. The van der Waals surface area contributed by atoms with Gasteiger partial charge in [-0.3, -0.25) is 0 Å². The Morgan fingerprint density at radius 1 is 0.955 bits per heavy atom. The Morgan fingerprint density at radius 3 is 2.50 bits per heavy atom. The quantitative estimate of drug-likeness (QED) is 0.721. The molecule has 0 spiro atoms. The minimum absolute atomic E-state index is 0.590. The first-order valence-electron chi connectivity index (χ1n) is 6.66. The Bertz CT molecular complexity index is 849. The van der Waals surface area contributed by atoms with Gasteiger partial charge in [0.05, 0.1) is 30.8 Å². The molecule has 2 aromatic carbocycles. The van der Waals surface area contributed by atoms with E-state index in [1.807, 2.05) is 6.07 Å². The number of methoxy groups -OCH3 is 2. The molecule has 4 N–H and O–H groups in total. The summed E-state index contributed by atoms with van der Waals surface area (Å²) in [6, 6.07) is 8.92. The first-order chi connectivity index (χ1) is 10.6. The zero-order valence-corrected chi connectivity index (χ0v) is 12.3. The van der Waals surface area contributed by atoms with Gasteiger partial charge in [0.1, 0.15) is 17.8 Å². The molecule has 0 aliphatic carbocycles. The van der Waals surface area contributed by atoms with Gasteiger partial charge in [-0.1, -0.05) is 0 Å². The summed E-state index contributed by atoms with van der Waals surface area (Å²) in [5.41, 5.74) is 15.3. The maximum atomic E-state index is 6.08. The molecule has 0 unspecified atom stereocenters. The molecule has 1 aromatic heterocycles. The van der Waals surface area contributed by atoms with Crippen molar-refractivity contribution in [3.05, 3.63) is 36.7 Å². The van der Waals surface area contributed by atoms with Crippen LogP contribution in [0.15, 0.2) is 36.7 Å². The molecular formula is C16H16N4O2. The molecule has 0 fully saturated rings. The van der Waals surface area contributed by atoms with Crippen LogP contribution >= 0.6 is 0 Å². The molecule has 0 saturated carbocycles. The van der Waals surface area contributed by atoms with Crippen LogP contribution in [0.2, 0.25) is 0 Å². The van der Waals surface area contributed by atoms with Gasteiger partial charge >= 0.3 is 0 Å². The lowest BCUT2D eigenvalue weighted by Gasteiger charge is -2.13. The Balaban J connectivity index is 2.37. The molecule has 0 bridgehead atoms. The molecule has 0 saturated heterocycles. The molecule has 112 valence electrons. The molecule has 0 aliphatic heterocycles. The third kappa shape index (κ3) is 2.24. The largest absolute Gasteiger partial charge is 0.497 e. The lowest BCUT2D eigenvalue weighted by Crippen LogP contribution is -1.98. The van der Waals surface area contributed by atoms with Gasteiger partial charge in [0.15, 0.2) is 0 Å². The monoisotopic (exact) mass is 296 g/mol. The van der Waals surface area contributed by atoms with Gasteiger partial charge in [-0.05, 0) is 18.2 Å². The second kappa shape index (κ2) is 5.40. The minimum Gasteiger partial charge on any atom is -0.497 e. The highest BCUT2D eigenvalue weighted by Gasteiger charge is 2.15. The number of nitrogens with zero attached hydrogens (tertiary/aromatic N) is 2. The molecule has 1 heterocycles. The molecule has 0 atom stereocenters. The van der Waals surface area contributed by atoms with Crippen molar-refractivity contribution in [1.82, 2.24) is 9.97 Å². The molecule has 3 aromatic rings. The van der Waals surface area contributed by atoms with E-state index in [9.17, 15) is 0 Å². The van der Waals surface area contributed by atoms with Crippen molar-refractivity contribution in [2.24, 2.45) is 0 Å². The average molecular weight is 296 g/mol. The van der Waals surface area contributed by atoms with Crippen molar-refractivity contribution in [2.75, 3.05) is 25.7 Å². The van der Waals surface area contributed by atoms with Crippen LogP contribution in [0, 0.1) is 0 Å². The standard InChI is InChI=1S/C16H16N4O2/c1-21-10-6-13-15(14(7-10)22-2)16(20-8-19-13)11-5-9(17)3-4-12(11)18/h3-8H,17-18H2,1-2H3.